The van der Waals surface area contributed by atoms with Gasteiger partial charge in [0.05, 0.1) is 30.6 Å². The van der Waals surface area contributed by atoms with E-state index in [9.17, 15) is 0 Å². The lowest BCUT2D eigenvalue weighted by Crippen LogP contribution is -1.97. The van der Waals surface area contributed by atoms with Crippen molar-refractivity contribution in [1.82, 2.24) is 9.97 Å². The van der Waals surface area contributed by atoms with E-state index in [1.807, 2.05) is 35.8 Å². The highest BCUT2D eigenvalue weighted by molar-refractivity contribution is 7.17. The van der Waals surface area contributed by atoms with E-state index in [-0.39, 0.29) is 0 Å². The summed E-state index contributed by atoms with van der Waals surface area (Å²) < 4.78 is 11.5. The zero-order valence-corrected chi connectivity index (χ0v) is 11.9. The molecule has 0 unspecified atom stereocenters. The molecule has 102 valence electrons. The van der Waals surface area contributed by atoms with Crippen LogP contribution in [0.2, 0.25) is 0 Å². The summed E-state index contributed by atoms with van der Waals surface area (Å²) in [7, 11) is 3.22. The number of methoxy groups -OCH3 is 2. The van der Waals surface area contributed by atoms with Gasteiger partial charge in [0.2, 0.25) is 5.95 Å². The Morgan fingerprint density at radius 2 is 1.95 bits per heavy atom. The summed E-state index contributed by atoms with van der Waals surface area (Å²) >= 11 is 1.62. The molecule has 0 aliphatic carbocycles. The third kappa shape index (κ3) is 2.37. The normalized spacial score (nSPS) is 10.5. The third-order valence-corrected chi connectivity index (χ3v) is 3.68. The molecule has 3 rings (SSSR count). The molecule has 0 spiro atoms. The molecule has 2 heterocycles. The summed E-state index contributed by atoms with van der Waals surface area (Å²) in [5, 5.41) is 5.16. The second-order valence-corrected chi connectivity index (χ2v) is 5.01. The molecule has 3 aromatic rings. The van der Waals surface area contributed by atoms with Gasteiger partial charge < -0.3 is 14.8 Å². The lowest BCUT2D eigenvalue weighted by atomic mass is 10.3. The first-order valence-electron chi connectivity index (χ1n) is 5.99. The molecule has 5 nitrogen and oxygen atoms in total. The summed E-state index contributed by atoms with van der Waals surface area (Å²) in [6.45, 7) is 0. The van der Waals surface area contributed by atoms with Gasteiger partial charge in [-0.2, -0.15) is 0 Å². The second-order valence-electron chi connectivity index (χ2n) is 4.06. The lowest BCUT2D eigenvalue weighted by molar-refractivity contribution is 0.355. The number of fused-ring (bicyclic) bond motifs is 1. The SMILES string of the molecule is COc1ccc(Nc2ncc3sccc3n2)cc1OC. The van der Waals surface area contributed by atoms with Crippen LogP contribution in [-0.4, -0.2) is 24.2 Å². The smallest absolute Gasteiger partial charge is 0.227 e. The van der Waals surface area contributed by atoms with Crippen LogP contribution in [0.15, 0.2) is 35.8 Å². The number of aromatic nitrogens is 2. The Kier molecular flexibility index (Phi) is 3.39. The first-order chi connectivity index (χ1) is 9.80. The van der Waals surface area contributed by atoms with E-state index in [0.29, 0.717) is 17.4 Å². The number of rotatable bonds is 4. The largest absolute Gasteiger partial charge is 0.493 e. The number of nitrogens with one attached hydrogen (secondary N) is 1. The van der Waals surface area contributed by atoms with Gasteiger partial charge in [0.1, 0.15) is 0 Å². The average molecular weight is 287 g/mol. The molecule has 0 aliphatic rings. The Morgan fingerprint density at radius 3 is 2.75 bits per heavy atom. The van der Waals surface area contributed by atoms with Gasteiger partial charge in [0, 0.05) is 11.8 Å². The number of hydrogen-bond acceptors (Lipinski definition) is 6. The van der Waals surface area contributed by atoms with E-state index in [1.54, 1.807) is 25.6 Å². The molecular weight excluding hydrogens is 274 g/mol. The number of hydrogen-bond donors (Lipinski definition) is 1. The molecule has 1 N–H and O–H groups in total. The first kappa shape index (κ1) is 12.7. The van der Waals surface area contributed by atoms with Crippen molar-refractivity contribution in [3.8, 4) is 11.5 Å². The van der Waals surface area contributed by atoms with Gasteiger partial charge in [-0.1, -0.05) is 0 Å². The van der Waals surface area contributed by atoms with E-state index in [1.165, 1.54) is 0 Å². The predicted molar refractivity (Wildman–Crippen MR) is 80.2 cm³/mol. The van der Waals surface area contributed by atoms with Crippen LogP contribution >= 0.6 is 11.3 Å². The fraction of sp³-hybridized carbons (Fsp3) is 0.143. The van der Waals surface area contributed by atoms with Crippen LogP contribution in [0.25, 0.3) is 10.2 Å². The quantitative estimate of drug-likeness (QED) is 0.796. The van der Waals surface area contributed by atoms with Gasteiger partial charge in [-0.25, -0.2) is 9.97 Å². The highest BCUT2D eigenvalue weighted by Gasteiger charge is 2.06. The lowest BCUT2D eigenvalue weighted by Gasteiger charge is -2.10. The van der Waals surface area contributed by atoms with Gasteiger partial charge >= 0.3 is 0 Å². The van der Waals surface area contributed by atoms with Gasteiger partial charge in [0.25, 0.3) is 0 Å². The standard InChI is InChI=1S/C14H13N3O2S/c1-18-11-4-3-9(7-12(11)19-2)16-14-15-8-13-10(17-14)5-6-20-13/h3-8H,1-2H3,(H,15,16,17). The van der Waals surface area contributed by atoms with Crippen molar-refractivity contribution in [3.05, 3.63) is 35.8 Å². The Labute approximate surface area is 120 Å². The van der Waals surface area contributed by atoms with E-state index in [0.717, 1.165) is 15.9 Å². The molecule has 0 fully saturated rings. The van der Waals surface area contributed by atoms with E-state index >= 15 is 0 Å². The summed E-state index contributed by atoms with van der Waals surface area (Å²) in [5.74, 6) is 1.91. The molecule has 0 bridgehead atoms. The van der Waals surface area contributed by atoms with Crippen molar-refractivity contribution in [3.63, 3.8) is 0 Å². The predicted octanol–water partition coefficient (Wildman–Crippen LogP) is 3.45. The molecule has 0 saturated carbocycles. The summed E-state index contributed by atoms with van der Waals surface area (Å²) in [6.07, 6.45) is 1.82. The van der Waals surface area contributed by atoms with Gasteiger partial charge in [-0.3, -0.25) is 0 Å². The Balaban J connectivity index is 1.89. The van der Waals surface area contributed by atoms with Crippen LogP contribution in [0.4, 0.5) is 11.6 Å². The number of thiophene rings is 1. The molecule has 0 radical (unpaired) electrons. The molecule has 0 saturated heterocycles. The highest BCUT2D eigenvalue weighted by Crippen LogP contribution is 2.30. The van der Waals surface area contributed by atoms with Crippen molar-refractivity contribution in [2.24, 2.45) is 0 Å². The summed E-state index contributed by atoms with van der Waals surface area (Å²) in [5.41, 5.74) is 1.78. The van der Waals surface area contributed by atoms with Crippen LogP contribution in [0.3, 0.4) is 0 Å². The maximum Gasteiger partial charge on any atom is 0.227 e. The van der Waals surface area contributed by atoms with Gasteiger partial charge in [-0.15, -0.1) is 11.3 Å². The van der Waals surface area contributed by atoms with Crippen molar-refractivity contribution < 1.29 is 9.47 Å². The molecule has 2 aromatic heterocycles. The monoisotopic (exact) mass is 287 g/mol. The molecule has 1 aromatic carbocycles. The second kappa shape index (κ2) is 5.34. The maximum atomic E-state index is 5.27. The van der Waals surface area contributed by atoms with Crippen LogP contribution in [0.1, 0.15) is 0 Å². The minimum Gasteiger partial charge on any atom is -0.493 e. The number of nitrogens with zero attached hydrogens (tertiary/aromatic N) is 2. The molecule has 6 heteroatoms. The van der Waals surface area contributed by atoms with Crippen molar-refractivity contribution in [1.29, 1.82) is 0 Å². The van der Waals surface area contributed by atoms with Gasteiger partial charge in [0.15, 0.2) is 11.5 Å². The fourth-order valence-electron chi connectivity index (χ4n) is 1.87. The fourth-order valence-corrected chi connectivity index (χ4v) is 2.56. The first-order valence-corrected chi connectivity index (χ1v) is 6.87. The molecule has 0 atom stereocenters. The number of ether oxygens (including phenoxy) is 2. The number of benzene rings is 1. The summed E-state index contributed by atoms with van der Waals surface area (Å²) in [4.78, 5) is 8.73. The average Bonchev–Trinajstić information content (AvgIpc) is 2.94. The van der Waals surface area contributed by atoms with Gasteiger partial charge in [-0.05, 0) is 23.6 Å². The van der Waals surface area contributed by atoms with Crippen molar-refractivity contribution in [2.75, 3.05) is 19.5 Å². The maximum absolute atomic E-state index is 5.27. The number of anilines is 2. The van der Waals surface area contributed by atoms with Crippen LogP contribution in [0.5, 0.6) is 11.5 Å². The summed E-state index contributed by atoms with van der Waals surface area (Å²) in [6, 6.07) is 7.55. The minimum absolute atomic E-state index is 0.558. The Bertz CT molecular complexity index is 742. The van der Waals surface area contributed by atoms with E-state index in [2.05, 4.69) is 15.3 Å². The molecule has 0 amide bonds. The minimum atomic E-state index is 0.558. The Hall–Kier alpha value is -2.34. The highest BCUT2D eigenvalue weighted by atomic mass is 32.1. The van der Waals surface area contributed by atoms with E-state index in [4.69, 9.17) is 9.47 Å². The molecule has 0 aliphatic heterocycles. The van der Waals surface area contributed by atoms with Crippen molar-refractivity contribution in [2.45, 2.75) is 0 Å². The van der Waals surface area contributed by atoms with Crippen LogP contribution in [0, 0.1) is 0 Å². The molecular formula is C14H13N3O2S. The van der Waals surface area contributed by atoms with Crippen LogP contribution in [-0.2, 0) is 0 Å². The van der Waals surface area contributed by atoms with Crippen LogP contribution < -0.4 is 14.8 Å². The topological polar surface area (TPSA) is 56.3 Å². The van der Waals surface area contributed by atoms with Crippen molar-refractivity contribution >= 4 is 33.2 Å². The zero-order valence-electron chi connectivity index (χ0n) is 11.1. The molecule has 20 heavy (non-hydrogen) atoms. The zero-order chi connectivity index (χ0) is 13.9. The van der Waals surface area contributed by atoms with E-state index < -0.39 is 0 Å². The Morgan fingerprint density at radius 1 is 1.10 bits per heavy atom. The third-order valence-electron chi connectivity index (χ3n) is 2.84.